The van der Waals surface area contributed by atoms with E-state index in [1.165, 1.54) is 0 Å². The number of amides is 2. The molecule has 2 aromatic rings. The first-order valence-corrected chi connectivity index (χ1v) is 8.95. The van der Waals surface area contributed by atoms with Gasteiger partial charge < -0.3 is 20.1 Å². The summed E-state index contributed by atoms with van der Waals surface area (Å²) in [5, 5.41) is 6.62. The van der Waals surface area contributed by atoms with Crippen LogP contribution in [0.1, 0.15) is 18.4 Å². The minimum Gasteiger partial charge on any atom is -0.493 e. The zero-order valence-electron chi connectivity index (χ0n) is 14.6. The van der Waals surface area contributed by atoms with E-state index in [1.54, 1.807) is 32.4 Å². The molecule has 0 unspecified atom stereocenters. The van der Waals surface area contributed by atoms with Crippen LogP contribution in [-0.4, -0.2) is 26.8 Å². The van der Waals surface area contributed by atoms with Gasteiger partial charge in [0.05, 0.1) is 14.2 Å². The maximum Gasteiger partial charge on any atom is 0.319 e. The monoisotopic (exact) mass is 394 g/mol. The Kier molecular flexibility index (Phi) is 5.49. The molecule has 26 heavy (non-hydrogen) atoms. The second-order valence-electron chi connectivity index (χ2n) is 6.32. The van der Waals surface area contributed by atoms with Crippen molar-refractivity contribution in [2.45, 2.75) is 18.3 Å². The van der Waals surface area contributed by atoms with E-state index in [0.29, 0.717) is 33.8 Å². The first-order valence-electron chi connectivity index (χ1n) is 8.19. The smallest absolute Gasteiger partial charge is 0.319 e. The van der Waals surface area contributed by atoms with Crippen molar-refractivity contribution in [2.75, 3.05) is 26.1 Å². The summed E-state index contributed by atoms with van der Waals surface area (Å²) in [4.78, 5) is 12.2. The summed E-state index contributed by atoms with van der Waals surface area (Å²) in [6.45, 7) is 0.530. The Balaban J connectivity index is 1.64. The summed E-state index contributed by atoms with van der Waals surface area (Å²) < 4.78 is 10.7. The second kappa shape index (κ2) is 7.64. The van der Waals surface area contributed by atoms with Gasteiger partial charge in [-0.1, -0.05) is 29.3 Å². The van der Waals surface area contributed by atoms with E-state index in [2.05, 4.69) is 10.6 Å². The van der Waals surface area contributed by atoms with Gasteiger partial charge in [-0.15, -0.1) is 0 Å². The number of benzene rings is 2. The highest BCUT2D eigenvalue weighted by Gasteiger charge is 2.44. The number of urea groups is 1. The number of ether oxygens (including phenoxy) is 2. The van der Waals surface area contributed by atoms with Crippen LogP contribution >= 0.6 is 23.2 Å². The molecular formula is C19H20Cl2N2O3. The molecule has 2 amide bonds. The largest absolute Gasteiger partial charge is 0.493 e. The number of rotatable bonds is 6. The van der Waals surface area contributed by atoms with Crippen LogP contribution in [0.15, 0.2) is 36.4 Å². The molecule has 0 radical (unpaired) electrons. The third-order valence-corrected chi connectivity index (χ3v) is 4.99. The van der Waals surface area contributed by atoms with Crippen LogP contribution in [0.4, 0.5) is 10.5 Å². The standard InChI is InChI=1S/C19H20Cl2N2O3/c1-25-16-4-3-12(7-17(16)26-2)19(5-6-19)11-22-18(24)23-15-9-13(20)8-14(21)10-15/h3-4,7-10H,5-6,11H2,1-2H3,(H2,22,23,24). The van der Waals surface area contributed by atoms with Gasteiger partial charge in [-0.25, -0.2) is 4.79 Å². The SMILES string of the molecule is COc1ccc(C2(CNC(=O)Nc3cc(Cl)cc(Cl)c3)CC2)cc1OC. The van der Waals surface area contributed by atoms with Gasteiger partial charge in [-0.3, -0.25) is 0 Å². The molecule has 138 valence electrons. The average Bonchev–Trinajstić information content (AvgIpc) is 3.39. The second-order valence-corrected chi connectivity index (χ2v) is 7.19. The molecule has 0 atom stereocenters. The fourth-order valence-electron chi connectivity index (χ4n) is 2.94. The Bertz CT molecular complexity index is 802. The highest BCUT2D eigenvalue weighted by atomic mass is 35.5. The topological polar surface area (TPSA) is 59.6 Å². The highest BCUT2D eigenvalue weighted by Crippen LogP contribution is 2.49. The van der Waals surface area contributed by atoms with Crippen molar-refractivity contribution < 1.29 is 14.3 Å². The van der Waals surface area contributed by atoms with E-state index in [9.17, 15) is 4.79 Å². The number of nitrogens with one attached hydrogen (secondary N) is 2. The summed E-state index contributed by atoms with van der Waals surface area (Å²) in [6, 6.07) is 10.5. The first-order chi connectivity index (χ1) is 12.5. The molecule has 0 bridgehead atoms. The molecule has 0 aromatic heterocycles. The first kappa shape index (κ1) is 18.7. The van der Waals surface area contributed by atoms with Crippen LogP contribution in [0, 0.1) is 0 Å². The summed E-state index contributed by atoms with van der Waals surface area (Å²) in [5.74, 6) is 1.38. The lowest BCUT2D eigenvalue weighted by Crippen LogP contribution is -2.35. The normalized spacial score (nSPS) is 14.5. The van der Waals surface area contributed by atoms with Crippen LogP contribution in [-0.2, 0) is 5.41 Å². The molecule has 3 rings (SSSR count). The Morgan fingerprint density at radius 2 is 1.69 bits per heavy atom. The van der Waals surface area contributed by atoms with Gasteiger partial charge >= 0.3 is 6.03 Å². The van der Waals surface area contributed by atoms with Crippen LogP contribution in [0.3, 0.4) is 0 Å². The Morgan fingerprint density at radius 3 is 2.27 bits per heavy atom. The van der Waals surface area contributed by atoms with Crippen LogP contribution in [0.25, 0.3) is 0 Å². The Hall–Kier alpha value is -2.11. The quantitative estimate of drug-likeness (QED) is 0.734. The summed E-state index contributed by atoms with van der Waals surface area (Å²) in [6.07, 6.45) is 2.01. The maximum absolute atomic E-state index is 12.2. The molecule has 1 fully saturated rings. The van der Waals surface area contributed by atoms with Crippen molar-refractivity contribution in [1.29, 1.82) is 0 Å². The molecule has 1 saturated carbocycles. The fourth-order valence-corrected chi connectivity index (χ4v) is 3.46. The lowest BCUT2D eigenvalue weighted by atomic mass is 9.95. The molecule has 5 nitrogen and oxygen atoms in total. The molecule has 2 N–H and O–H groups in total. The molecule has 0 heterocycles. The Labute approximate surface area is 162 Å². The minimum atomic E-state index is -0.296. The van der Waals surface area contributed by atoms with Crippen LogP contribution in [0.2, 0.25) is 10.0 Å². The number of halogens is 2. The summed E-state index contributed by atoms with van der Waals surface area (Å²) >= 11 is 11.9. The summed E-state index contributed by atoms with van der Waals surface area (Å²) in [5.41, 5.74) is 1.61. The number of carbonyl (C=O) groups excluding carboxylic acids is 1. The zero-order chi connectivity index (χ0) is 18.7. The molecule has 1 aliphatic carbocycles. The van der Waals surface area contributed by atoms with E-state index in [-0.39, 0.29) is 11.4 Å². The highest BCUT2D eigenvalue weighted by molar-refractivity contribution is 6.35. The minimum absolute atomic E-state index is 0.0666. The average molecular weight is 395 g/mol. The number of hydrogen-bond donors (Lipinski definition) is 2. The molecular weight excluding hydrogens is 375 g/mol. The van der Waals surface area contributed by atoms with Crippen molar-refractivity contribution in [3.05, 3.63) is 52.0 Å². The molecule has 1 aliphatic rings. The predicted molar refractivity (Wildman–Crippen MR) is 104 cm³/mol. The molecule has 2 aromatic carbocycles. The van der Waals surface area contributed by atoms with Gasteiger partial charge in [0.2, 0.25) is 0 Å². The van der Waals surface area contributed by atoms with Crippen molar-refractivity contribution in [3.63, 3.8) is 0 Å². The number of hydrogen-bond acceptors (Lipinski definition) is 3. The number of methoxy groups -OCH3 is 2. The lowest BCUT2D eigenvalue weighted by molar-refractivity contribution is 0.251. The number of carbonyl (C=O) groups is 1. The van der Waals surface area contributed by atoms with E-state index in [0.717, 1.165) is 18.4 Å². The fraction of sp³-hybridized carbons (Fsp3) is 0.316. The van der Waals surface area contributed by atoms with Gasteiger partial charge in [0.15, 0.2) is 11.5 Å². The van der Waals surface area contributed by atoms with E-state index in [4.69, 9.17) is 32.7 Å². The van der Waals surface area contributed by atoms with E-state index < -0.39 is 0 Å². The summed E-state index contributed by atoms with van der Waals surface area (Å²) in [7, 11) is 3.22. The maximum atomic E-state index is 12.2. The zero-order valence-corrected chi connectivity index (χ0v) is 16.1. The van der Waals surface area contributed by atoms with Gasteiger partial charge in [0, 0.05) is 27.7 Å². The molecule has 0 spiro atoms. The van der Waals surface area contributed by atoms with E-state index >= 15 is 0 Å². The predicted octanol–water partition coefficient (Wildman–Crippen LogP) is 4.86. The van der Waals surface area contributed by atoms with Crippen molar-refractivity contribution in [1.82, 2.24) is 5.32 Å². The van der Waals surface area contributed by atoms with Crippen molar-refractivity contribution >= 4 is 34.9 Å². The van der Waals surface area contributed by atoms with Gasteiger partial charge in [0.25, 0.3) is 0 Å². The lowest BCUT2D eigenvalue weighted by Gasteiger charge is -2.19. The van der Waals surface area contributed by atoms with E-state index in [1.807, 2.05) is 18.2 Å². The van der Waals surface area contributed by atoms with Gasteiger partial charge in [-0.05, 0) is 48.7 Å². The Morgan fingerprint density at radius 1 is 1.04 bits per heavy atom. The molecule has 0 saturated heterocycles. The van der Waals surface area contributed by atoms with Gasteiger partial charge in [-0.2, -0.15) is 0 Å². The third-order valence-electron chi connectivity index (χ3n) is 4.56. The van der Waals surface area contributed by atoms with Crippen molar-refractivity contribution in [2.24, 2.45) is 0 Å². The number of anilines is 1. The van der Waals surface area contributed by atoms with Gasteiger partial charge in [0.1, 0.15) is 0 Å². The van der Waals surface area contributed by atoms with Crippen LogP contribution < -0.4 is 20.1 Å². The molecule has 7 heteroatoms. The molecule has 0 aliphatic heterocycles. The van der Waals surface area contributed by atoms with Crippen molar-refractivity contribution in [3.8, 4) is 11.5 Å². The third kappa shape index (κ3) is 4.17. The van der Waals surface area contributed by atoms with Crippen LogP contribution in [0.5, 0.6) is 11.5 Å².